The molecular formula is C21H29FN6O2. The Morgan fingerprint density at radius 3 is 2.77 bits per heavy atom. The number of urea groups is 1. The standard InChI is InChI=1S/C21H29FN6O2/c1-14-5-4-6-17(18(14)22)25-21(30)27-20-24-13-16(19(29)26-20)15-7-11-28(12-8-15)10-3-2-9-23/h4-6,13,15H,2-3,7-12,23H2,1H3,(H3,24,25,26,27,29,30). The summed E-state index contributed by atoms with van der Waals surface area (Å²) in [5, 5.41) is 4.86. The van der Waals surface area contributed by atoms with Gasteiger partial charge in [-0.15, -0.1) is 0 Å². The first kappa shape index (κ1) is 21.9. The van der Waals surface area contributed by atoms with Crippen LogP contribution in [0.4, 0.5) is 20.8 Å². The topological polar surface area (TPSA) is 116 Å². The SMILES string of the molecule is Cc1cccc(NC(=O)Nc2ncc(C3CCN(CCCCN)CC3)c(=O)[nH]2)c1F. The third-order valence-electron chi connectivity index (χ3n) is 5.45. The summed E-state index contributed by atoms with van der Waals surface area (Å²) in [7, 11) is 0. The lowest BCUT2D eigenvalue weighted by Crippen LogP contribution is -2.35. The molecule has 1 aromatic carbocycles. The van der Waals surface area contributed by atoms with Gasteiger partial charge in [-0.3, -0.25) is 15.1 Å². The minimum atomic E-state index is -0.679. The van der Waals surface area contributed by atoms with Gasteiger partial charge in [0.2, 0.25) is 5.95 Å². The van der Waals surface area contributed by atoms with Crippen LogP contribution in [0.2, 0.25) is 0 Å². The Kier molecular flexibility index (Phi) is 7.53. The number of carbonyl (C=O) groups excluding carboxylic acids is 1. The van der Waals surface area contributed by atoms with Crippen molar-refractivity contribution in [2.45, 2.75) is 38.5 Å². The highest BCUT2D eigenvalue weighted by Crippen LogP contribution is 2.25. The molecule has 1 aromatic heterocycles. The molecule has 0 saturated carbocycles. The molecule has 0 spiro atoms. The molecule has 1 aliphatic rings. The summed E-state index contributed by atoms with van der Waals surface area (Å²) < 4.78 is 14.0. The number of aryl methyl sites for hydroxylation is 1. The van der Waals surface area contributed by atoms with E-state index in [-0.39, 0.29) is 23.1 Å². The highest BCUT2D eigenvalue weighted by molar-refractivity contribution is 5.98. The van der Waals surface area contributed by atoms with Crippen LogP contribution in [0.25, 0.3) is 0 Å². The number of amides is 2. The Morgan fingerprint density at radius 1 is 1.30 bits per heavy atom. The quantitative estimate of drug-likeness (QED) is 0.518. The number of hydrogen-bond acceptors (Lipinski definition) is 5. The number of nitrogens with zero attached hydrogens (tertiary/aromatic N) is 2. The molecule has 0 unspecified atom stereocenters. The number of halogens is 1. The molecule has 0 atom stereocenters. The normalized spacial score (nSPS) is 15.2. The van der Waals surface area contributed by atoms with Gasteiger partial charge < -0.3 is 16.0 Å². The predicted octanol–water partition coefficient (Wildman–Crippen LogP) is 2.78. The number of H-pyrrole nitrogens is 1. The molecule has 0 radical (unpaired) electrons. The number of likely N-dealkylation sites (tertiary alicyclic amines) is 1. The zero-order valence-electron chi connectivity index (χ0n) is 17.2. The number of nitrogens with one attached hydrogen (secondary N) is 3. The number of hydrogen-bond donors (Lipinski definition) is 4. The second kappa shape index (κ2) is 10.3. The first-order valence-corrected chi connectivity index (χ1v) is 10.3. The van der Waals surface area contributed by atoms with E-state index in [1.807, 2.05) is 0 Å². The van der Waals surface area contributed by atoms with Crippen molar-refractivity contribution in [1.29, 1.82) is 0 Å². The van der Waals surface area contributed by atoms with Crippen molar-refractivity contribution in [2.75, 3.05) is 36.8 Å². The minimum Gasteiger partial charge on any atom is -0.330 e. The number of carbonyl (C=O) groups is 1. The van der Waals surface area contributed by atoms with E-state index in [0.29, 0.717) is 11.1 Å². The van der Waals surface area contributed by atoms with E-state index in [0.717, 1.165) is 51.9 Å². The van der Waals surface area contributed by atoms with Gasteiger partial charge in [0.1, 0.15) is 5.82 Å². The Balaban J connectivity index is 1.56. The maximum Gasteiger partial charge on any atom is 0.326 e. The highest BCUT2D eigenvalue weighted by atomic mass is 19.1. The summed E-state index contributed by atoms with van der Waals surface area (Å²) in [6.45, 7) is 5.26. The second-order valence-electron chi connectivity index (χ2n) is 7.64. The molecule has 1 saturated heterocycles. The van der Waals surface area contributed by atoms with Gasteiger partial charge in [0, 0.05) is 11.8 Å². The molecule has 8 nitrogen and oxygen atoms in total. The fourth-order valence-corrected chi connectivity index (χ4v) is 3.71. The van der Waals surface area contributed by atoms with E-state index in [2.05, 4.69) is 25.5 Å². The van der Waals surface area contributed by atoms with Crippen LogP contribution in [-0.4, -0.2) is 47.1 Å². The average molecular weight is 417 g/mol. The third kappa shape index (κ3) is 5.64. The molecule has 5 N–H and O–H groups in total. The maximum atomic E-state index is 14.0. The van der Waals surface area contributed by atoms with Gasteiger partial charge in [0.15, 0.2) is 0 Å². The van der Waals surface area contributed by atoms with Crippen molar-refractivity contribution in [3.05, 3.63) is 51.7 Å². The molecule has 3 rings (SSSR count). The Bertz CT molecular complexity index is 924. The first-order valence-electron chi connectivity index (χ1n) is 10.3. The summed E-state index contributed by atoms with van der Waals surface area (Å²) in [6, 6.07) is 4.04. The number of rotatable bonds is 7. The van der Waals surface area contributed by atoms with Crippen LogP contribution in [0.1, 0.15) is 42.7 Å². The smallest absolute Gasteiger partial charge is 0.326 e. The van der Waals surface area contributed by atoms with E-state index in [9.17, 15) is 14.0 Å². The highest BCUT2D eigenvalue weighted by Gasteiger charge is 2.23. The largest absolute Gasteiger partial charge is 0.330 e. The van der Waals surface area contributed by atoms with Crippen molar-refractivity contribution in [3.63, 3.8) is 0 Å². The molecule has 0 bridgehead atoms. The number of aromatic amines is 1. The second-order valence-corrected chi connectivity index (χ2v) is 7.64. The molecule has 9 heteroatoms. The fourth-order valence-electron chi connectivity index (χ4n) is 3.71. The van der Waals surface area contributed by atoms with Gasteiger partial charge in [-0.2, -0.15) is 0 Å². The van der Waals surface area contributed by atoms with Gasteiger partial charge in [0.05, 0.1) is 5.69 Å². The van der Waals surface area contributed by atoms with Crippen LogP contribution in [0.5, 0.6) is 0 Å². The summed E-state index contributed by atoms with van der Waals surface area (Å²) in [5.74, 6) is -0.330. The Labute approximate surface area is 175 Å². The van der Waals surface area contributed by atoms with Crippen LogP contribution < -0.4 is 21.9 Å². The van der Waals surface area contributed by atoms with Crippen LogP contribution in [0.15, 0.2) is 29.2 Å². The zero-order valence-corrected chi connectivity index (χ0v) is 17.2. The van der Waals surface area contributed by atoms with Crippen LogP contribution >= 0.6 is 0 Å². The van der Waals surface area contributed by atoms with E-state index >= 15 is 0 Å². The molecule has 2 heterocycles. The first-order chi connectivity index (χ1) is 14.5. The van der Waals surface area contributed by atoms with Crippen LogP contribution in [-0.2, 0) is 0 Å². The predicted molar refractivity (Wildman–Crippen MR) is 115 cm³/mol. The van der Waals surface area contributed by atoms with Gasteiger partial charge in [-0.25, -0.2) is 14.2 Å². The molecule has 2 amide bonds. The number of unbranched alkanes of at least 4 members (excludes halogenated alkanes) is 1. The molecule has 162 valence electrons. The molecule has 2 aromatic rings. The molecule has 0 aliphatic carbocycles. The van der Waals surface area contributed by atoms with Gasteiger partial charge in [-0.05, 0) is 76.3 Å². The van der Waals surface area contributed by atoms with Crippen LogP contribution in [0, 0.1) is 12.7 Å². The van der Waals surface area contributed by atoms with Crippen molar-refractivity contribution >= 4 is 17.7 Å². The summed E-state index contributed by atoms with van der Waals surface area (Å²) in [5.41, 5.74) is 6.40. The zero-order chi connectivity index (χ0) is 21.5. The van der Waals surface area contributed by atoms with Crippen molar-refractivity contribution in [2.24, 2.45) is 5.73 Å². The molecule has 1 fully saturated rings. The monoisotopic (exact) mass is 416 g/mol. The number of piperidine rings is 1. The Hall–Kier alpha value is -2.78. The molecule has 1 aliphatic heterocycles. The number of aromatic nitrogens is 2. The van der Waals surface area contributed by atoms with E-state index in [4.69, 9.17) is 5.73 Å². The van der Waals surface area contributed by atoms with Gasteiger partial charge >= 0.3 is 6.03 Å². The van der Waals surface area contributed by atoms with Gasteiger partial charge in [0.25, 0.3) is 5.56 Å². The van der Waals surface area contributed by atoms with Crippen molar-refractivity contribution in [3.8, 4) is 0 Å². The fraction of sp³-hybridized carbons (Fsp3) is 0.476. The van der Waals surface area contributed by atoms with E-state index < -0.39 is 11.8 Å². The lowest BCUT2D eigenvalue weighted by molar-refractivity contribution is 0.208. The van der Waals surface area contributed by atoms with Crippen molar-refractivity contribution in [1.82, 2.24) is 14.9 Å². The Morgan fingerprint density at radius 2 is 2.07 bits per heavy atom. The van der Waals surface area contributed by atoms with Crippen molar-refractivity contribution < 1.29 is 9.18 Å². The maximum absolute atomic E-state index is 14.0. The lowest BCUT2D eigenvalue weighted by atomic mass is 9.91. The van der Waals surface area contributed by atoms with Gasteiger partial charge in [-0.1, -0.05) is 12.1 Å². The summed E-state index contributed by atoms with van der Waals surface area (Å²) >= 11 is 0. The number of benzene rings is 1. The minimum absolute atomic E-state index is 0.0218. The number of nitrogens with two attached hydrogens (primary N) is 1. The lowest BCUT2D eigenvalue weighted by Gasteiger charge is -2.31. The van der Waals surface area contributed by atoms with Crippen LogP contribution in [0.3, 0.4) is 0 Å². The average Bonchev–Trinajstić information content (AvgIpc) is 2.72. The molecular weight excluding hydrogens is 387 g/mol. The summed E-state index contributed by atoms with van der Waals surface area (Å²) in [4.78, 5) is 33.8. The summed E-state index contributed by atoms with van der Waals surface area (Å²) in [6.07, 6.45) is 5.44. The number of anilines is 2. The van der Waals surface area contributed by atoms with E-state index in [1.165, 1.54) is 12.3 Å². The molecule has 30 heavy (non-hydrogen) atoms. The third-order valence-corrected chi connectivity index (χ3v) is 5.45. The van der Waals surface area contributed by atoms with E-state index in [1.54, 1.807) is 19.1 Å².